The highest BCUT2D eigenvalue weighted by Crippen LogP contribution is 2.30. The highest BCUT2D eigenvalue weighted by molar-refractivity contribution is 6.28. The van der Waals surface area contributed by atoms with E-state index >= 15 is 0 Å². The third-order valence-electron chi connectivity index (χ3n) is 2.97. The predicted molar refractivity (Wildman–Crippen MR) is 66.8 cm³/mol. The van der Waals surface area contributed by atoms with Crippen molar-refractivity contribution in [3.8, 4) is 0 Å². The van der Waals surface area contributed by atoms with Crippen LogP contribution in [0.5, 0.6) is 0 Å². The summed E-state index contributed by atoms with van der Waals surface area (Å²) in [5.41, 5.74) is 5.38. The van der Waals surface area contributed by atoms with Gasteiger partial charge in [-0.15, -0.1) is 0 Å². The fourth-order valence-corrected chi connectivity index (χ4v) is 2.36. The van der Waals surface area contributed by atoms with Crippen LogP contribution in [0.1, 0.15) is 17.5 Å². The SMILES string of the molecule is Cc1cccc(C)c1N1CC/C(=C\Cl)C1=O. The lowest BCUT2D eigenvalue weighted by Crippen LogP contribution is -2.26. The molecule has 1 amide bonds. The zero-order valence-corrected chi connectivity index (χ0v) is 10.2. The summed E-state index contributed by atoms with van der Waals surface area (Å²) in [5, 5.41) is 0. The second kappa shape index (κ2) is 4.30. The maximum Gasteiger partial charge on any atom is 0.255 e. The lowest BCUT2D eigenvalue weighted by atomic mass is 10.1. The molecule has 1 aromatic carbocycles. The molecule has 1 aliphatic heterocycles. The quantitative estimate of drug-likeness (QED) is 0.685. The lowest BCUT2D eigenvalue weighted by Gasteiger charge is -2.20. The first-order valence-electron chi connectivity index (χ1n) is 5.32. The van der Waals surface area contributed by atoms with Gasteiger partial charge in [-0.1, -0.05) is 29.8 Å². The minimum absolute atomic E-state index is 0.0346. The second-order valence-electron chi connectivity index (χ2n) is 4.08. The Hall–Kier alpha value is -1.28. The molecule has 0 atom stereocenters. The molecular formula is C13H14ClNO. The first-order valence-corrected chi connectivity index (χ1v) is 5.76. The molecule has 84 valence electrons. The normalized spacial score (nSPS) is 18.6. The highest BCUT2D eigenvalue weighted by Gasteiger charge is 2.28. The largest absolute Gasteiger partial charge is 0.308 e. The molecule has 1 aromatic rings. The van der Waals surface area contributed by atoms with Crippen LogP contribution in [0.3, 0.4) is 0 Å². The Labute approximate surface area is 101 Å². The summed E-state index contributed by atoms with van der Waals surface area (Å²) in [5.74, 6) is 0.0346. The van der Waals surface area contributed by atoms with Crippen molar-refractivity contribution in [2.75, 3.05) is 11.4 Å². The van der Waals surface area contributed by atoms with Crippen LogP contribution in [0.15, 0.2) is 29.3 Å². The maximum absolute atomic E-state index is 12.0. The molecule has 0 bridgehead atoms. The molecule has 3 heteroatoms. The summed E-state index contributed by atoms with van der Waals surface area (Å²) in [6.45, 7) is 4.78. The van der Waals surface area contributed by atoms with E-state index in [-0.39, 0.29) is 5.91 Å². The molecule has 0 spiro atoms. The number of anilines is 1. The topological polar surface area (TPSA) is 20.3 Å². The van der Waals surface area contributed by atoms with Gasteiger partial charge in [0.25, 0.3) is 5.91 Å². The molecule has 2 rings (SSSR count). The molecule has 0 radical (unpaired) electrons. The molecule has 0 aromatic heterocycles. The van der Waals surface area contributed by atoms with Crippen LogP contribution in [0.25, 0.3) is 0 Å². The van der Waals surface area contributed by atoms with Crippen LogP contribution in [-0.2, 0) is 4.79 Å². The number of benzene rings is 1. The Morgan fingerprint density at radius 3 is 2.44 bits per heavy atom. The number of carbonyl (C=O) groups is 1. The van der Waals surface area contributed by atoms with Crippen molar-refractivity contribution in [2.45, 2.75) is 20.3 Å². The molecule has 1 heterocycles. The van der Waals surface area contributed by atoms with Crippen LogP contribution in [-0.4, -0.2) is 12.5 Å². The van der Waals surface area contributed by atoms with E-state index < -0.39 is 0 Å². The Balaban J connectivity index is 2.43. The molecule has 0 saturated carbocycles. The van der Waals surface area contributed by atoms with E-state index in [1.54, 1.807) is 0 Å². The van der Waals surface area contributed by atoms with E-state index in [0.29, 0.717) is 5.57 Å². The number of rotatable bonds is 1. The number of para-hydroxylation sites is 1. The number of hydrogen-bond donors (Lipinski definition) is 0. The maximum atomic E-state index is 12.0. The summed E-state index contributed by atoms with van der Waals surface area (Å²) >= 11 is 5.63. The minimum atomic E-state index is 0.0346. The van der Waals surface area contributed by atoms with Crippen molar-refractivity contribution < 1.29 is 4.79 Å². The molecular weight excluding hydrogens is 222 g/mol. The van der Waals surface area contributed by atoms with Crippen molar-refractivity contribution in [3.05, 3.63) is 40.4 Å². The average Bonchev–Trinajstić information content (AvgIpc) is 2.60. The van der Waals surface area contributed by atoms with Crippen LogP contribution in [0.2, 0.25) is 0 Å². The van der Waals surface area contributed by atoms with E-state index in [0.717, 1.165) is 29.8 Å². The Bertz CT molecular complexity index is 445. The van der Waals surface area contributed by atoms with Crippen molar-refractivity contribution in [1.29, 1.82) is 0 Å². The van der Waals surface area contributed by atoms with Gasteiger partial charge in [-0.25, -0.2) is 0 Å². The smallest absolute Gasteiger partial charge is 0.255 e. The van der Waals surface area contributed by atoms with E-state index in [2.05, 4.69) is 0 Å². The number of nitrogens with zero attached hydrogens (tertiary/aromatic N) is 1. The van der Waals surface area contributed by atoms with E-state index in [1.807, 2.05) is 36.9 Å². The summed E-state index contributed by atoms with van der Waals surface area (Å²) in [7, 11) is 0. The summed E-state index contributed by atoms with van der Waals surface area (Å²) < 4.78 is 0. The zero-order valence-electron chi connectivity index (χ0n) is 9.46. The predicted octanol–water partition coefficient (Wildman–Crippen LogP) is 3.16. The fraction of sp³-hybridized carbons (Fsp3) is 0.308. The van der Waals surface area contributed by atoms with Gasteiger partial charge >= 0.3 is 0 Å². The Morgan fingerprint density at radius 1 is 1.31 bits per heavy atom. The fourth-order valence-electron chi connectivity index (χ4n) is 2.16. The zero-order chi connectivity index (χ0) is 11.7. The second-order valence-corrected chi connectivity index (χ2v) is 4.30. The molecule has 1 saturated heterocycles. The van der Waals surface area contributed by atoms with Crippen molar-refractivity contribution in [2.24, 2.45) is 0 Å². The molecule has 1 aliphatic rings. The van der Waals surface area contributed by atoms with E-state index in [4.69, 9.17) is 11.6 Å². The number of halogens is 1. The molecule has 2 nitrogen and oxygen atoms in total. The lowest BCUT2D eigenvalue weighted by molar-refractivity contribution is -0.114. The Kier molecular flexibility index (Phi) is 3.01. The van der Waals surface area contributed by atoms with Crippen LogP contribution >= 0.6 is 11.6 Å². The van der Waals surface area contributed by atoms with E-state index in [9.17, 15) is 4.79 Å². The van der Waals surface area contributed by atoms with Crippen LogP contribution in [0.4, 0.5) is 5.69 Å². The third kappa shape index (κ3) is 1.74. The van der Waals surface area contributed by atoms with Crippen LogP contribution < -0.4 is 4.90 Å². The van der Waals surface area contributed by atoms with Gasteiger partial charge in [0.15, 0.2) is 0 Å². The number of carbonyl (C=O) groups excluding carboxylic acids is 1. The average molecular weight is 236 g/mol. The summed E-state index contributed by atoms with van der Waals surface area (Å²) in [4.78, 5) is 13.8. The van der Waals surface area contributed by atoms with Gasteiger partial charge in [-0.3, -0.25) is 4.79 Å². The van der Waals surface area contributed by atoms with Crippen molar-refractivity contribution >= 4 is 23.2 Å². The molecule has 0 N–H and O–H groups in total. The molecule has 0 unspecified atom stereocenters. The highest BCUT2D eigenvalue weighted by atomic mass is 35.5. The monoisotopic (exact) mass is 235 g/mol. The van der Waals surface area contributed by atoms with E-state index in [1.165, 1.54) is 5.54 Å². The number of hydrogen-bond acceptors (Lipinski definition) is 1. The van der Waals surface area contributed by atoms with Crippen LogP contribution in [0, 0.1) is 13.8 Å². The first kappa shape index (κ1) is 11.2. The van der Waals surface area contributed by atoms with Gasteiger partial charge in [0, 0.05) is 23.3 Å². The van der Waals surface area contributed by atoms with Gasteiger partial charge in [0.1, 0.15) is 0 Å². The standard InChI is InChI=1S/C13H14ClNO/c1-9-4-3-5-10(2)12(9)15-7-6-11(8-14)13(15)16/h3-5,8H,6-7H2,1-2H3/b11-8+. The first-order chi connectivity index (χ1) is 7.65. The molecule has 16 heavy (non-hydrogen) atoms. The Morgan fingerprint density at radius 2 is 1.94 bits per heavy atom. The summed E-state index contributed by atoms with van der Waals surface area (Å²) in [6.07, 6.45) is 0.732. The van der Waals surface area contributed by atoms with Gasteiger partial charge in [-0.2, -0.15) is 0 Å². The minimum Gasteiger partial charge on any atom is -0.308 e. The van der Waals surface area contributed by atoms with Crippen molar-refractivity contribution in [1.82, 2.24) is 0 Å². The van der Waals surface area contributed by atoms with Gasteiger partial charge < -0.3 is 4.90 Å². The van der Waals surface area contributed by atoms with Gasteiger partial charge in [0.2, 0.25) is 0 Å². The number of amides is 1. The third-order valence-corrected chi connectivity index (χ3v) is 3.23. The van der Waals surface area contributed by atoms with Gasteiger partial charge in [0.05, 0.1) is 0 Å². The number of aryl methyl sites for hydroxylation is 2. The van der Waals surface area contributed by atoms with Gasteiger partial charge in [-0.05, 0) is 31.4 Å². The molecule has 0 aliphatic carbocycles. The van der Waals surface area contributed by atoms with Crippen molar-refractivity contribution in [3.63, 3.8) is 0 Å². The summed E-state index contributed by atoms with van der Waals surface area (Å²) in [6, 6.07) is 6.06. The molecule has 1 fully saturated rings.